The molecule has 1 aliphatic heterocycles. The van der Waals surface area contributed by atoms with E-state index in [1.807, 2.05) is 30.0 Å². The molecule has 28 heavy (non-hydrogen) atoms. The third-order valence-electron chi connectivity index (χ3n) is 4.72. The monoisotopic (exact) mass is 438 g/mol. The van der Waals surface area contributed by atoms with Crippen LogP contribution in [-0.2, 0) is 11.3 Å². The van der Waals surface area contributed by atoms with Crippen LogP contribution in [0.5, 0.6) is 5.75 Å². The smallest absolute Gasteiger partial charge is 0.244 e. The number of benzene rings is 1. The van der Waals surface area contributed by atoms with Gasteiger partial charge in [0.1, 0.15) is 12.3 Å². The third-order valence-corrected chi connectivity index (χ3v) is 5.60. The van der Waals surface area contributed by atoms with Crippen LogP contribution in [0.15, 0.2) is 18.2 Å². The highest BCUT2D eigenvalue weighted by molar-refractivity contribution is 7.85. The van der Waals surface area contributed by atoms with Crippen molar-refractivity contribution in [2.24, 2.45) is 0 Å². The molecule has 0 N–H and O–H groups in total. The Morgan fingerprint density at radius 2 is 2.00 bits per heavy atom. The van der Waals surface area contributed by atoms with Gasteiger partial charge in [0.25, 0.3) is 0 Å². The molecule has 0 radical (unpaired) electrons. The van der Waals surface area contributed by atoms with Crippen molar-refractivity contribution in [3.8, 4) is 16.9 Å². The summed E-state index contributed by atoms with van der Waals surface area (Å²) in [6, 6.07) is 5.70. The van der Waals surface area contributed by atoms with Crippen LogP contribution in [0.25, 0.3) is 0 Å². The molecule has 0 unspecified atom stereocenters. The summed E-state index contributed by atoms with van der Waals surface area (Å²) in [7, 11) is 1.60. The molecule has 1 fully saturated rings. The van der Waals surface area contributed by atoms with E-state index >= 15 is 0 Å². The molecule has 1 aromatic carbocycles. The molecule has 6 nitrogen and oxygen atoms in total. The molecule has 0 aliphatic carbocycles. The number of rotatable bonds is 4. The van der Waals surface area contributed by atoms with Gasteiger partial charge in [0, 0.05) is 37.9 Å². The predicted molar refractivity (Wildman–Crippen MR) is 115 cm³/mol. The fourth-order valence-corrected chi connectivity index (χ4v) is 3.58. The summed E-state index contributed by atoms with van der Waals surface area (Å²) in [6.07, 6.45) is 0. The van der Waals surface area contributed by atoms with E-state index in [1.54, 1.807) is 11.8 Å². The van der Waals surface area contributed by atoms with Crippen molar-refractivity contribution in [3.63, 3.8) is 0 Å². The Labute approximate surface area is 179 Å². The number of anilines is 1. The molecule has 0 spiro atoms. The number of halogens is 2. The summed E-state index contributed by atoms with van der Waals surface area (Å²) in [5.41, 5.74) is 2.18. The van der Waals surface area contributed by atoms with E-state index in [2.05, 4.69) is 33.8 Å². The van der Waals surface area contributed by atoms with Crippen molar-refractivity contribution < 1.29 is 9.53 Å². The first-order chi connectivity index (χ1) is 13.4. The lowest BCUT2D eigenvalue weighted by Crippen LogP contribution is -2.49. The highest BCUT2D eigenvalue weighted by Crippen LogP contribution is 2.29. The first kappa shape index (κ1) is 20.7. The van der Waals surface area contributed by atoms with Gasteiger partial charge in [-0.3, -0.25) is 9.48 Å². The van der Waals surface area contributed by atoms with Crippen LogP contribution in [0.1, 0.15) is 11.4 Å². The van der Waals surface area contributed by atoms with E-state index in [0.717, 1.165) is 18.8 Å². The largest absolute Gasteiger partial charge is 0.495 e. The maximum absolute atomic E-state index is 12.7. The number of hydrogen-bond donors (Lipinski definition) is 1. The van der Waals surface area contributed by atoms with Crippen molar-refractivity contribution in [2.75, 3.05) is 38.2 Å². The number of amides is 1. The lowest BCUT2D eigenvalue weighted by molar-refractivity contribution is -0.132. The van der Waals surface area contributed by atoms with Gasteiger partial charge in [-0.05, 0) is 30.2 Å². The molecule has 1 aliphatic rings. The van der Waals surface area contributed by atoms with Gasteiger partial charge in [0.05, 0.1) is 22.8 Å². The van der Waals surface area contributed by atoms with Crippen molar-refractivity contribution in [1.82, 2.24) is 14.7 Å². The van der Waals surface area contributed by atoms with Gasteiger partial charge in [-0.15, -0.1) is 0 Å². The average Bonchev–Trinajstić information content (AvgIpc) is 2.96. The number of thiol groups is 1. The Kier molecular flexibility index (Phi) is 6.65. The number of nitrogens with zero attached hydrogens (tertiary/aromatic N) is 4. The second-order valence-corrected chi connectivity index (χ2v) is 7.34. The molecule has 2 heterocycles. The Morgan fingerprint density at radius 1 is 1.29 bits per heavy atom. The van der Waals surface area contributed by atoms with Gasteiger partial charge >= 0.3 is 0 Å². The molecule has 2 aromatic rings. The maximum atomic E-state index is 12.7. The second-order valence-electron chi connectivity index (χ2n) is 6.33. The van der Waals surface area contributed by atoms with Crippen LogP contribution in [-0.4, -0.2) is 53.9 Å². The summed E-state index contributed by atoms with van der Waals surface area (Å²) < 4.78 is 6.88. The van der Waals surface area contributed by atoms with Gasteiger partial charge in [-0.25, -0.2) is 0 Å². The summed E-state index contributed by atoms with van der Waals surface area (Å²) in [5, 5.41) is 7.82. The van der Waals surface area contributed by atoms with E-state index < -0.39 is 0 Å². The van der Waals surface area contributed by atoms with Crippen LogP contribution < -0.4 is 9.64 Å². The van der Waals surface area contributed by atoms with E-state index in [-0.39, 0.29) is 12.5 Å². The minimum Gasteiger partial charge on any atom is -0.495 e. The van der Waals surface area contributed by atoms with Crippen molar-refractivity contribution in [3.05, 3.63) is 39.6 Å². The summed E-state index contributed by atoms with van der Waals surface area (Å²) in [6.45, 7) is 4.66. The number of methoxy groups -OCH3 is 1. The molecule has 0 atom stereocenters. The fourth-order valence-electron chi connectivity index (χ4n) is 3.10. The van der Waals surface area contributed by atoms with Crippen LogP contribution in [0.3, 0.4) is 0 Å². The van der Waals surface area contributed by atoms with E-state index in [4.69, 9.17) is 27.9 Å². The van der Waals surface area contributed by atoms with Crippen LogP contribution >= 0.6 is 35.8 Å². The Hall–Kier alpha value is -2.01. The van der Waals surface area contributed by atoms with Gasteiger partial charge < -0.3 is 14.5 Å². The van der Waals surface area contributed by atoms with Gasteiger partial charge in [-0.1, -0.05) is 35.8 Å². The molecule has 1 amide bonds. The van der Waals surface area contributed by atoms with Crippen LogP contribution in [0, 0.1) is 18.1 Å². The minimum absolute atomic E-state index is 0.000913. The topological polar surface area (TPSA) is 50.6 Å². The molecular weight excluding hydrogens is 419 g/mol. The standard InChI is InChI=1S/C19H20Cl2N4O2S/c1-13-19(21)16(5-10-28)22-25(13)12-18(26)24-8-6-23(7-9-24)14-3-4-15(20)17(11-14)27-2/h3-4,11,28H,6-9,12H2,1-2H3. The minimum atomic E-state index is 0.000913. The second kappa shape index (κ2) is 8.99. The Balaban J connectivity index is 1.62. The molecule has 1 saturated heterocycles. The normalized spacial score (nSPS) is 13.9. The lowest BCUT2D eigenvalue weighted by Gasteiger charge is -2.36. The molecule has 148 valence electrons. The summed E-state index contributed by atoms with van der Waals surface area (Å²) >= 11 is 16.2. The van der Waals surface area contributed by atoms with Crippen LogP contribution in [0.4, 0.5) is 5.69 Å². The maximum Gasteiger partial charge on any atom is 0.244 e. The number of carbonyl (C=O) groups excluding carboxylic acids is 1. The summed E-state index contributed by atoms with van der Waals surface area (Å²) in [5.74, 6) is 3.37. The molecule has 0 saturated carbocycles. The zero-order valence-electron chi connectivity index (χ0n) is 15.6. The average molecular weight is 439 g/mol. The third kappa shape index (κ3) is 4.35. The predicted octanol–water partition coefficient (Wildman–Crippen LogP) is 3.09. The SMILES string of the molecule is COc1cc(N2CCN(C(=O)Cn3nc(C#CS)c(Cl)c3C)CC2)ccc1Cl. The zero-order valence-corrected chi connectivity index (χ0v) is 18.0. The van der Waals surface area contributed by atoms with E-state index in [0.29, 0.717) is 40.3 Å². The molecule has 9 heteroatoms. The zero-order chi connectivity index (χ0) is 20.3. The highest BCUT2D eigenvalue weighted by atomic mass is 35.5. The van der Waals surface area contributed by atoms with Crippen molar-refractivity contribution in [2.45, 2.75) is 13.5 Å². The van der Waals surface area contributed by atoms with E-state index in [9.17, 15) is 4.79 Å². The number of hydrogen-bond acceptors (Lipinski definition) is 5. The van der Waals surface area contributed by atoms with Gasteiger partial charge in [0.15, 0.2) is 5.69 Å². The lowest BCUT2D eigenvalue weighted by atomic mass is 10.2. The van der Waals surface area contributed by atoms with Crippen molar-refractivity contribution in [1.29, 1.82) is 0 Å². The fraction of sp³-hybridized carbons (Fsp3) is 0.368. The Morgan fingerprint density at radius 3 is 2.64 bits per heavy atom. The Bertz CT molecular complexity index is 943. The molecule has 1 aromatic heterocycles. The first-order valence-electron chi connectivity index (χ1n) is 8.69. The quantitative estimate of drug-likeness (QED) is 0.588. The summed E-state index contributed by atoms with van der Waals surface area (Å²) in [4.78, 5) is 16.7. The number of piperazine rings is 1. The van der Waals surface area contributed by atoms with Gasteiger partial charge in [-0.2, -0.15) is 5.10 Å². The van der Waals surface area contributed by atoms with Gasteiger partial charge in [0.2, 0.25) is 5.91 Å². The number of aromatic nitrogens is 2. The number of carbonyl (C=O) groups is 1. The van der Waals surface area contributed by atoms with E-state index in [1.165, 1.54) is 0 Å². The van der Waals surface area contributed by atoms with Crippen molar-refractivity contribution >= 4 is 47.4 Å². The van der Waals surface area contributed by atoms with Crippen LogP contribution in [0.2, 0.25) is 10.0 Å². The molecular formula is C19H20Cl2N4O2S. The highest BCUT2D eigenvalue weighted by Gasteiger charge is 2.23. The number of ether oxygens (including phenoxy) is 1. The first-order valence-corrected chi connectivity index (χ1v) is 9.89. The molecule has 0 bridgehead atoms. The molecule has 3 rings (SSSR count).